The van der Waals surface area contributed by atoms with Crippen molar-refractivity contribution in [3.8, 4) is 5.69 Å². The van der Waals surface area contributed by atoms with Crippen molar-refractivity contribution in [3.05, 3.63) is 64.3 Å². The molecule has 5 rings (SSSR count). The summed E-state index contributed by atoms with van der Waals surface area (Å²) in [5.41, 5.74) is 7.72. The first-order valence-electron chi connectivity index (χ1n) is 9.92. The van der Waals surface area contributed by atoms with Crippen molar-refractivity contribution in [1.82, 2.24) is 19.7 Å². The number of halogens is 1. The normalized spacial score (nSPS) is 16.6. The van der Waals surface area contributed by atoms with E-state index in [2.05, 4.69) is 24.6 Å². The molecule has 0 unspecified atom stereocenters. The first kappa shape index (κ1) is 19.0. The Hall–Kier alpha value is -2.97. The maximum absolute atomic E-state index is 11.4. The summed E-state index contributed by atoms with van der Waals surface area (Å²) in [4.78, 5) is 18.0. The van der Waals surface area contributed by atoms with Gasteiger partial charge in [-0.25, -0.2) is 4.98 Å². The van der Waals surface area contributed by atoms with E-state index in [4.69, 9.17) is 22.1 Å². The zero-order chi connectivity index (χ0) is 20.7. The number of fused-ring (bicyclic) bond motifs is 3. The highest BCUT2D eigenvalue weighted by Crippen LogP contribution is 2.33. The number of benzene rings is 1. The maximum Gasteiger partial charge on any atom is 0.267 e. The van der Waals surface area contributed by atoms with Crippen LogP contribution in [0.4, 0.5) is 5.82 Å². The summed E-state index contributed by atoms with van der Waals surface area (Å²) >= 11 is 6.19. The molecule has 3 aromatic rings. The smallest absolute Gasteiger partial charge is 0.267 e. The number of hydrogen-bond donors (Lipinski definition) is 1. The lowest BCUT2D eigenvalue weighted by atomic mass is 9.95. The molecule has 0 bridgehead atoms. The summed E-state index contributed by atoms with van der Waals surface area (Å²) in [5, 5.41) is 9.61. The van der Waals surface area contributed by atoms with Crippen LogP contribution in [0.25, 0.3) is 5.69 Å². The Morgan fingerprint density at radius 3 is 2.77 bits per heavy atom. The van der Waals surface area contributed by atoms with Gasteiger partial charge in [0.15, 0.2) is 5.82 Å². The van der Waals surface area contributed by atoms with E-state index in [-0.39, 0.29) is 11.6 Å². The van der Waals surface area contributed by atoms with E-state index in [9.17, 15) is 4.79 Å². The lowest BCUT2D eigenvalue weighted by Crippen LogP contribution is -2.34. The van der Waals surface area contributed by atoms with Gasteiger partial charge in [-0.15, -0.1) is 10.2 Å². The number of nitrogens with two attached hydrogens (primary N) is 1. The van der Waals surface area contributed by atoms with Crippen LogP contribution in [-0.4, -0.2) is 38.7 Å². The van der Waals surface area contributed by atoms with Gasteiger partial charge in [0.1, 0.15) is 23.9 Å². The molecule has 0 atom stereocenters. The monoisotopic (exact) mass is 424 g/mol. The van der Waals surface area contributed by atoms with Crippen LogP contribution in [0.5, 0.6) is 0 Å². The molecule has 154 valence electrons. The van der Waals surface area contributed by atoms with Crippen LogP contribution in [0.1, 0.15) is 46.5 Å². The average Bonchev–Trinajstić information content (AvgIpc) is 3.09. The fourth-order valence-corrected chi connectivity index (χ4v) is 4.39. The number of ether oxygens (including phenoxy) is 1. The molecule has 1 fully saturated rings. The van der Waals surface area contributed by atoms with Gasteiger partial charge in [0, 0.05) is 29.6 Å². The average molecular weight is 425 g/mol. The van der Waals surface area contributed by atoms with Gasteiger partial charge in [-0.3, -0.25) is 9.36 Å². The van der Waals surface area contributed by atoms with E-state index in [0.717, 1.165) is 54.6 Å². The van der Waals surface area contributed by atoms with Crippen molar-refractivity contribution in [3.63, 3.8) is 0 Å². The molecule has 0 aliphatic carbocycles. The standard InChI is InChI=1S/C21H21ClN6O2/c22-15-4-5-17-14(10-15)11-30-12-19-25-26-21(28(17)19)13-6-8-27(9-7-13)18-3-1-2-16(24-18)20(23)29/h1-5,10,13H,6-9,11-12H2,(H2,23,29). The van der Waals surface area contributed by atoms with Crippen molar-refractivity contribution < 1.29 is 9.53 Å². The van der Waals surface area contributed by atoms with E-state index in [1.165, 1.54) is 0 Å². The molecule has 1 aromatic carbocycles. The number of carbonyl (C=O) groups excluding carboxylic acids is 1. The van der Waals surface area contributed by atoms with Crippen LogP contribution in [0.15, 0.2) is 36.4 Å². The molecule has 2 aliphatic heterocycles. The van der Waals surface area contributed by atoms with Gasteiger partial charge in [0.05, 0.1) is 12.3 Å². The highest BCUT2D eigenvalue weighted by atomic mass is 35.5. The van der Waals surface area contributed by atoms with Crippen LogP contribution < -0.4 is 10.6 Å². The largest absolute Gasteiger partial charge is 0.369 e. The van der Waals surface area contributed by atoms with Gasteiger partial charge < -0.3 is 15.4 Å². The Morgan fingerprint density at radius 1 is 1.13 bits per heavy atom. The fourth-order valence-electron chi connectivity index (χ4n) is 4.19. The van der Waals surface area contributed by atoms with Gasteiger partial charge in [0.25, 0.3) is 5.91 Å². The van der Waals surface area contributed by atoms with Crippen LogP contribution >= 0.6 is 11.6 Å². The van der Waals surface area contributed by atoms with Crippen LogP contribution in [-0.2, 0) is 18.0 Å². The Labute approximate surface area is 178 Å². The SMILES string of the molecule is NC(=O)c1cccc(N2CCC(c3nnc4n3-c3ccc(Cl)cc3COC4)CC2)n1. The molecule has 2 N–H and O–H groups in total. The number of piperidine rings is 1. The van der Waals surface area contributed by atoms with E-state index in [0.29, 0.717) is 18.2 Å². The predicted octanol–water partition coefficient (Wildman–Crippen LogP) is 2.83. The van der Waals surface area contributed by atoms with Crippen molar-refractivity contribution in [2.75, 3.05) is 18.0 Å². The molecule has 0 radical (unpaired) electrons. The molecule has 1 saturated heterocycles. The summed E-state index contributed by atoms with van der Waals surface area (Å²) in [6.07, 6.45) is 1.81. The number of pyridine rings is 1. The van der Waals surface area contributed by atoms with Crippen molar-refractivity contribution >= 4 is 23.3 Å². The number of hydrogen-bond acceptors (Lipinski definition) is 6. The molecule has 9 heteroatoms. The molecule has 4 heterocycles. The van der Waals surface area contributed by atoms with Crippen molar-refractivity contribution in [2.45, 2.75) is 32.0 Å². The summed E-state index contributed by atoms with van der Waals surface area (Å²) < 4.78 is 7.90. The summed E-state index contributed by atoms with van der Waals surface area (Å²) in [5.74, 6) is 2.29. The van der Waals surface area contributed by atoms with Crippen LogP contribution in [0, 0.1) is 0 Å². The summed E-state index contributed by atoms with van der Waals surface area (Å²) in [6, 6.07) is 11.2. The summed E-state index contributed by atoms with van der Waals surface area (Å²) in [6.45, 7) is 2.54. The Balaban J connectivity index is 1.40. The number of carbonyl (C=O) groups is 1. The number of nitrogens with zero attached hydrogens (tertiary/aromatic N) is 5. The molecule has 0 saturated carbocycles. The molecule has 2 aromatic heterocycles. The number of amides is 1. The Bertz CT molecular complexity index is 1110. The second kappa shape index (κ2) is 7.70. The summed E-state index contributed by atoms with van der Waals surface area (Å²) in [7, 11) is 0. The second-order valence-electron chi connectivity index (χ2n) is 7.58. The zero-order valence-corrected chi connectivity index (χ0v) is 17.0. The number of primary amides is 1. The predicted molar refractivity (Wildman–Crippen MR) is 112 cm³/mol. The quantitative estimate of drug-likeness (QED) is 0.694. The minimum absolute atomic E-state index is 0.267. The third-order valence-electron chi connectivity index (χ3n) is 5.70. The molecule has 30 heavy (non-hydrogen) atoms. The van der Waals surface area contributed by atoms with Gasteiger partial charge in [-0.2, -0.15) is 0 Å². The third kappa shape index (κ3) is 3.42. The minimum Gasteiger partial charge on any atom is -0.369 e. The van der Waals surface area contributed by atoms with E-state index in [1.807, 2.05) is 30.3 Å². The third-order valence-corrected chi connectivity index (χ3v) is 5.93. The van der Waals surface area contributed by atoms with Crippen LogP contribution in [0.3, 0.4) is 0 Å². The van der Waals surface area contributed by atoms with Crippen molar-refractivity contribution in [2.24, 2.45) is 5.73 Å². The van der Waals surface area contributed by atoms with Crippen molar-refractivity contribution in [1.29, 1.82) is 0 Å². The highest BCUT2D eigenvalue weighted by molar-refractivity contribution is 6.30. The van der Waals surface area contributed by atoms with E-state index in [1.54, 1.807) is 6.07 Å². The Kier molecular flexibility index (Phi) is 4.88. The van der Waals surface area contributed by atoms with Gasteiger partial charge in [0.2, 0.25) is 0 Å². The minimum atomic E-state index is -0.515. The lowest BCUT2D eigenvalue weighted by molar-refractivity contribution is 0.0995. The topological polar surface area (TPSA) is 99.2 Å². The number of rotatable bonds is 3. The molecule has 0 spiro atoms. The van der Waals surface area contributed by atoms with Gasteiger partial charge in [-0.1, -0.05) is 17.7 Å². The highest BCUT2D eigenvalue weighted by Gasteiger charge is 2.29. The van der Waals surface area contributed by atoms with Crippen LogP contribution in [0.2, 0.25) is 5.02 Å². The second-order valence-corrected chi connectivity index (χ2v) is 8.02. The maximum atomic E-state index is 11.4. The van der Waals surface area contributed by atoms with E-state index >= 15 is 0 Å². The number of aromatic nitrogens is 4. The fraction of sp³-hybridized carbons (Fsp3) is 0.333. The molecular formula is C21H21ClN6O2. The molecule has 8 nitrogen and oxygen atoms in total. The van der Waals surface area contributed by atoms with Gasteiger partial charge in [-0.05, 0) is 43.2 Å². The first-order chi connectivity index (χ1) is 14.6. The molecule has 1 amide bonds. The zero-order valence-electron chi connectivity index (χ0n) is 16.3. The first-order valence-corrected chi connectivity index (χ1v) is 10.3. The molecule has 2 aliphatic rings. The Morgan fingerprint density at radius 2 is 1.97 bits per heavy atom. The van der Waals surface area contributed by atoms with E-state index < -0.39 is 5.91 Å². The lowest BCUT2D eigenvalue weighted by Gasteiger charge is -2.32. The number of anilines is 1. The molecular weight excluding hydrogens is 404 g/mol. The van der Waals surface area contributed by atoms with Gasteiger partial charge >= 0.3 is 0 Å².